The number of unbranched alkanes of at least 4 members (excludes halogenated alkanes) is 1. The third-order valence-corrected chi connectivity index (χ3v) is 5.92. The van der Waals surface area contributed by atoms with Gasteiger partial charge in [0.25, 0.3) is 0 Å². The van der Waals surface area contributed by atoms with Crippen molar-refractivity contribution in [1.29, 1.82) is 0 Å². The summed E-state index contributed by atoms with van der Waals surface area (Å²) in [6.45, 7) is 1.88. The molecule has 0 spiro atoms. The zero-order chi connectivity index (χ0) is 18.3. The van der Waals surface area contributed by atoms with Crippen molar-refractivity contribution in [3.05, 3.63) is 17.7 Å². The van der Waals surface area contributed by atoms with Crippen molar-refractivity contribution in [2.24, 2.45) is 5.14 Å². The van der Waals surface area contributed by atoms with Gasteiger partial charge in [-0.3, -0.25) is 0 Å². The van der Waals surface area contributed by atoms with Gasteiger partial charge >= 0.3 is 6.18 Å². The summed E-state index contributed by atoms with van der Waals surface area (Å²) < 4.78 is 89.0. The van der Waals surface area contributed by atoms with E-state index in [4.69, 9.17) is 5.14 Å². The minimum absolute atomic E-state index is 0.311. The third-order valence-electron chi connectivity index (χ3n) is 3.46. The molecule has 0 aliphatic carbocycles. The van der Waals surface area contributed by atoms with Gasteiger partial charge in [-0.2, -0.15) is 17.9 Å². The molecular weight excluding hydrogens is 371 g/mol. The van der Waals surface area contributed by atoms with Gasteiger partial charge in [-0.05, 0) is 18.6 Å². The van der Waals surface area contributed by atoms with Gasteiger partial charge in [0.1, 0.15) is 4.90 Å². The molecule has 0 radical (unpaired) electrons. The Morgan fingerprint density at radius 1 is 1.29 bits per heavy atom. The summed E-state index contributed by atoms with van der Waals surface area (Å²) in [5, 5.41) is 7.46. The maximum Gasteiger partial charge on any atom is 0.417 e. The molecule has 1 aliphatic heterocycles. The molecule has 1 unspecified atom stereocenters. The molecule has 1 aliphatic rings. The second kappa shape index (κ2) is 6.17. The summed E-state index contributed by atoms with van der Waals surface area (Å²) in [7, 11) is -8.93. The largest absolute Gasteiger partial charge is 0.417 e. The van der Waals surface area contributed by atoms with Gasteiger partial charge in [-0.1, -0.05) is 19.8 Å². The molecule has 0 bridgehead atoms. The normalized spacial score (nSPS) is 20.3. The van der Waals surface area contributed by atoms with Crippen LogP contribution >= 0.6 is 0 Å². The van der Waals surface area contributed by atoms with Crippen LogP contribution in [0.2, 0.25) is 0 Å². The van der Waals surface area contributed by atoms with E-state index in [1.54, 1.807) is 0 Å². The number of anilines is 1. The average molecular weight is 387 g/mol. The Hall–Kier alpha value is -1.37. The third kappa shape index (κ3) is 3.82. The number of fused-ring (bicyclic) bond motifs is 1. The van der Waals surface area contributed by atoms with Crippen molar-refractivity contribution in [3.8, 4) is 0 Å². The lowest BCUT2D eigenvalue weighted by atomic mass is 10.1. The highest BCUT2D eigenvalue weighted by Gasteiger charge is 2.40. The first-order chi connectivity index (χ1) is 10.9. The molecular formula is C12H16F3N3O4S2. The molecule has 1 atom stereocenters. The maximum atomic E-state index is 13.1. The Balaban J connectivity index is 2.66. The van der Waals surface area contributed by atoms with E-state index in [1.165, 1.54) is 0 Å². The Labute approximate surface area is 137 Å². The van der Waals surface area contributed by atoms with Crippen LogP contribution in [0.25, 0.3) is 0 Å². The van der Waals surface area contributed by atoms with Crippen molar-refractivity contribution < 1.29 is 30.0 Å². The minimum Gasteiger partial charge on any atom is -0.368 e. The van der Waals surface area contributed by atoms with Gasteiger partial charge in [0.15, 0.2) is 0 Å². The monoisotopic (exact) mass is 387 g/mol. The van der Waals surface area contributed by atoms with Crippen molar-refractivity contribution in [3.63, 3.8) is 0 Å². The van der Waals surface area contributed by atoms with Crippen LogP contribution in [0.5, 0.6) is 0 Å². The highest BCUT2D eigenvalue weighted by molar-refractivity contribution is 7.90. The number of sulfonamides is 2. The molecule has 1 heterocycles. The summed E-state index contributed by atoms with van der Waals surface area (Å²) in [5.41, 5.74) is -1.82. The first-order valence-corrected chi connectivity index (χ1v) is 9.96. The van der Waals surface area contributed by atoms with Gasteiger partial charge in [-0.15, -0.1) is 0 Å². The zero-order valence-electron chi connectivity index (χ0n) is 12.5. The summed E-state index contributed by atoms with van der Waals surface area (Å²) in [5.74, 6) is 0. The van der Waals surface area contributed by atoms with Crippen molar-refractivity contribution in [1.82, 2.24) is 4.72 Å². The number of halogens is 3. The van der Waals surface area contributed by atoms with Gasteiger partial charge < -0.3 is 5.32 Å². The second-order valence-corrected chi connectivity index (χ2v) is 8.56. The van der Waals surface area contributed by atoms with Gasteiger partial charge in [0, 0.05) is 0 Å². The van der Waals surface area contributed by atoms with Crippen LogP contribution in [0, 0.1) is 0 Å². The zero-order valence-corrected chi connectivity index (χ0v) is 14.1. The molecule has 4 N–H and O–H groups in total. The van der Waals surface area contributed by atoms with Gasteiger partial charge in [-0.25, -0.2) is 22.0 Å². The molecule has 136 valence electrons. The van der Waals surface area contributed by atoms with Crippen LogP contribution in [0.3, 0.4) is 0 Å². The molecule has 2 rings (SSSR count). The highest BCUT2D eigenvalue weighted by Crippen LogP contribution is 2.39. The first-order valence-electron chi connectivity index (χ1n) is 6.93. The van der Waals surface area contributed by atoms with E-state index in [9.17, 15) is 30.0 Å². The van der Waals surface area contributed by atoms with Crippen LogP contribution < -0.4 is 15.2 Å². The lowest BCUT2D eigenvalue weighted by Crippen LogP contribution is -2.45. The molecule has 0 saturated heterocycles. The van der Waals surface area contributed by atoms with E-state index in [-0.39, 0.29) is 5.69 Å². The van der Waals surface area contributed by atoms with Gasteiger partial charge in [0.2, 0.25) is 20.0 Å². The summed E-state index contributed by atoms with van der Waals surface area (Å²) in [6, 6.07) is 0.894. The maximum absolute atomic E-state index is 13.1. The quantitative estimate of drug-likeness (QED) is 0.725. The molecule has 0 amide bonds. The smallest absolute Gasteiger partial charge is 0.368 e. The number of benzene rings is 1. The van der Waals surface area contributed by atoms with Crippen LogP contribution in [-0.4, -0.2) is 23.0 Å². The fourth-order valence-corrected chi connectivity index (χ4v) is 4.56. The van der Waals surface area contributed by atoms with E-state index in [0.29, 0.717) is 25.0 Å². The average Bonchev–Trinajstić information content (AvgIpc) is 2.41. The predicted octanol–water partition coefficient (Wildman–Crippen LogP) is 1.57. The Kier molecular flexibility index (Phi) is 4.87. The van der Waals surface area contributed by atoms with E-state index in [1.807, 2.05) is 6.92 Å². The predicted molar refractivity (Wildman–Crippen MR) is 80.1 cm³/mol. The number of alkyl halides is 3. The fourth-order valence-electron chi connectivity index (χ4n) is 2.36. The Bertz CT molecular complexity index is 851. The highest BCUT2D eigenvalue weighted by atomic mass is 32.2. The molecule has 1 aromatic carbocycles. The van der Waals surface area contributed by atoms with Crippen molar-refractivity contribution >= 4 is 25.7 Å². The Morgan fingerprint density at radius 3 is 2.42 bits per heavy atom. The second-order valence-electron chi connectivity index (χ2n) is 5.35. The number of primary sulfonamides is 1. The Morgan fingerprint density at radius 2 is 1.92 bits per heavy atom. The molecule has 1 aromatic rings. The SMILES string of the molecule is CCCCC1Nc2cc(C(F)(F)F)c(S(N)(=O)=O)cc2S(=O)(=O)N1. The molecule has 24 heavy (non-hydrogen) atoms. The van der Waals surface area contributed by atoms with Crippen molar-refractivity contribution in [2.45, 2.75) is 48.3 Å². The number of hydrogen-bond donors (Lipinski definition) is 3. The van der Waals surface area contributed by atoms with E-state index < -0.39 is 47.7 Å². The van der Waals surface area contributed by atoms with E-state index in [2.05, 4.69) is 10.0 Å². The summed E-state index contributed by atoms with van der Waals surface area (Å²) in [6.07, 6.45) is -4.00. The van der Waals surface area contributed by atoms with Crippen LogP contribution in [0.15, 0.2) is 21.9 Å². The molecule has 0 aromatic heterocycles. The fraction of sp³-hybridized carbons (Fsp3) is 0.500. The topological polar surface area (TPSA) is 118 Å². The molecule has 0 saturated carbocycles. The van der Waals surface area contributed by atoms with E-state index in [0.717, 1.165) is 6.42 Å². The standard InChI is InChI=1S/C12H16F3N3O4S2/c1-2-3-4-11-17-8-5-7(12(13,14)15)9(23(16,19)20)6-10(8)24(21,22)18-11/h5-6,11,17-18H,2-4H2,1H3,(H2,16,19,20). The lowest BCUT2D eigenvalue weighted by molar-refractivity contribution is -0.139. The van der Waals surface area contributed by atoms with Crippen LogP contribution in [0.1, 0.15) is 31.7 Å². The number of hydrogen-bond acceptors (Lipinski definition) is 5. The van der Waals surface area contributed by atoms with Crippen LogP contribution in [-0.2, 0) is 26.2 Å². The first kappa shape index (κ1) is 19.0. The van der Waals surface area contributed by atoms with Gasteiger partial charge in [0.05, 0.1) is 22.3 Å². The molecule has 0 fully saturated rings. The summed E-state index contributed by atoms with van der Waals surface area (Å²) >= 11 is 0. The number of rotatable bonds is 4. The molecule has 7 nitrogen and oxygen atoms in total. The lowest BCUT2D eigenvalue weighted by Gasteiger charge is -2.29. The van der Waals surface area contributed by atoms with Crippen molar-refractivity contribution in [2.75, 3.05) is 5.32 Å². The number of nitrogens with one attached hydrogen (secondary N) is 2. The minimum atomic E-state index is -5.01. The molecule has 12 heteroatoms. The summed E-state index contributed by atoms with van der Waals surface area (Å²) in [4.78, 5) is -1.87. The number of nitrogens with two attached hydrogens (primary N) is 1. The van der Waals surface area contributed by atoms with E-state index >= 15 is 0 Å². The van der Waals surface area contributed by atoms with Crippen LogP contribution in [0.4, 0.5) is 18.9 Å².